The minimum Gasteiger partial charge on any atom is -0.342 e. The van der Waals surface area contributed by atoms with Crippen molar-refractivity contribution in [2.45, 2.75) is 38.5 Å². The topological polar surface area (TPSA) is 65.5 Å². The van der Waals surface area contributed by atoms with Crippen molar-refractivity contribution in [1.29, 1.82) is 0 Å². The number of piperidine rings is 1. The molecule has 3 heterocycles. The van der Waals surface area contributed by atoms with E-state index in [4.69, 9.17) is 0 Å². The third kappa shape index (κ3) is 3.14. The Balaban J connectivity index is 1.36. The molecule has 3 fully saturated rings. The van der Waals surface area contributed by atoms with Gasteiger partial charge in [0.25, 0.3) is 0 Å². The number of nitrogens with one attached hydrogen (secondary N) is 1. The van der Waals surface area contributed by atoms with E-state index in [-0.39, 0.29) is 11.9 Å². The molecule has 1 aromatic rings. The molecule has 24 heavy (non-hydrogen) atoms. The van der Waals surface area contributed by atoms with E-state index in [1.165, 1.54) is 37.0 Å². The van der Waals surface area contributed by atoms with Crippen molar-refractivity contribution < 1.29 is 9.59 Å². The van der Waals surface area contributed by atoms with Crippen molar-refractivity contribution >= 4 is 28.4 Å². The number of hydrogen-bond donors (Lipinski definition) is 1. The number of nitrogens with zero attached hydrogens (tertiary/aromatic N) is 3. The average molecular weight is 348 g/mol. The van der Waals surface area contributed by atoms with Gasteiger partial charge in [0.05, 0.1) is 12.1 Å². The first-order valence-electron chi connectivity index (χ1n) is 8.98. The number of thiazole rings is 1. The van der Waals surface area contributed by atoms with Crippen LogP contribution in [0.15, 0.2) is 5.38 Å². The summed E-state index contributed by atoms with van der Waals surface area (Å²) in [6.07, 6.45) is 6.81. The summed E-state index contributed by atoms with van der Waals surface area (Å²) in [5.41, 5.74) is 0.783. The largest absolute Gasteiger partial charge is 0.342 e. The van der Waals surface area contributed by atoms with Crippen molar-refractivity contribution in [2.24, 2.45) is 11.8 Å². The number of likely N-dealkylation sites (tertiary alicyclic amines) is 1. The van der Waals surface area contributed by atoms with Crippen molar-refractivity contribution in [3.05, 3.63) is 11.1 Å². The molecule has 0 bridgehead atoms. The minimum absolute atomic E-state index is 0.0957. The van der Waals surface area contributed by atoms with Crippen LogP contribution in [0.4, 0.5) is 9.93 Å². The van der Waals surface area contributed by atoms with Gasteiger partial charge in [0, 0.05) is 31.6 Å². The van der Waals surface area contributed by atoms with Gasteiger partial charge in [0.15, 0.2) is 5.13 Å². The Morgan fingerprint density at radius 3 is 2.88 bits per heavy atom. The second-order valence-corrected chi connectivity index (χ2v) is 7.95. The van der Waals surface area contributed by atoms with Crippen LogP contribution < -0.4 is 10.2 Å². The molecule has 0 radical (unpaired) electrons. The third-order valence-electron chi connectivity index (χ3n) is 5.60. The molecule has 7 heteroatoms. The van der Waals surface area contributed by atoms with Crippen LogP contribution in [0.1, 0.15) is 37.8 Å². The maximum atomic E-state index is 12.6. The van der Waals surface area contributed by atoms with E-state index in [1.54, 1.807) is 4.90 Å². The van der Waals surface area contributed by atoms with Crippen LogP contribution in [-0.2, 0) is 11.2 Å². The molecular formula is C17H24N4O2S. The van der Waals surface area contributed by atoms with Gasteiger partial charge in [-0.05, 0) is 24.7 Å². The number of rotatable bonds is 3. The molecule has 1 aliphatic carbocycles. The van der Waals surface area contributed by atoms with Crippen LogP contribution in [0, 0.1) is 11.8 Å². The Bertz CT molecular complexity index is 632. The normalized spacial score (nSPS) is 27.1. The standard InChI is InChI=1S/C17H24N4O2S/c22-15(20-7-5-12-3-1-2-4-13(12)10-20)9-14-11-24-17(19-14)21-8-6-18-16(21)23/h11-13H,1-10H2,(H,18,23). The molecule has 4 rings (SSSR count). The lowest BCUT2D eigenvalue weighted by Crippen LogP contribution is -2.45. The molecule has 1 aromatic heterocycles. The van der Waals surface area contributed by atoms with E-state index in [1.807, 2.05) is 10.3 Å². The van der Waals surface area contributed by atoms with Crippen molar-refractivity contribution in [2.75, 3.05) is 31.1 Å². The first kappa shape index (κ1) is 15.9. The van der Waals surface area contributed by atoms with E-state index in [0.29, 0.717) is 30.6 Å². The Morgan fingerprint density at radius 1 is 1.25 bits per heavy atom. The van der Waals surface area contributed by atoms with Crippen LogP contribution in [-0.4, -0.2) is 48.0 Å². The van der Waals surface area contributed by atoms with Gasteiger partial charge in [0.2, 0.25) is 5.91 Å². The third-order valence-corrected chi connectivity index (χ3v) is 6.52. The predicted molar refractivity (Wildman–Crippen MR) is 93.2 cm³/mol. The quantitative estimate of drug-likeness (QED) is 0.911. The highest BCUT2D eigenvalue weighted by atomic mass is 32.1. The molecule has 2 aliphatic heterocycles. The average Bonchev–Trinajstić information content (AvgIpc) is 3.23. The molecular weight excluding hydrogens is 324 g/mol. The molecule has 130 valence electrons. The summed E-state index contributed by atoms with van der Waals surface area (Å²) in [4.78, 5) is 32.5. The molecule has 2 unspecified atom stereocenters. The number of amides is 3. The zero-order chi connectivity index (χ0) is 16.5. The van der Waals surface area contributed by atoms with Gasteiger partial charge in [0.1, 0.15) is 0 Å². The smallest absolute Gasteiger partial charge is 0.323 e. The summed E-state index contributed by atoms with van der Waals surface area (Å²) in [5.74, 6) is 1.72. The Labute approximate surface area is 146 Å². The first-order valence-corrected chi connectivity index (χ1v) is 9.86. The van der Waals surface area contributed by atoms with Gasteiger partial charge in [-0.2, -0.15) is 0 Å². The van der Waals surface area contributed by atoms with Crippen LogP contribution in [0.2, 0.25) is 0 Å². The fourth-order valence-electron chi connectivity index (χ4n) is 4.25. The molecule has 3 amide bonds. The number of carbonyl (C=O) groups is 2. The summed E-state index contributed by atoms with van der Waals surface area (Å²) >= 11 is 1.44. The zero-order valence-corrected chi connectivity index (χ0v) is 14.7. The monoisotopic (exact) mass is 348 g/mol. The molecule has 2 saturated heterocycles. The lowest BCUT2D eigenvalue weighted by atomic mass is 9.75. The van der Waals surface area contributed by atoms with Gasteiger partial charge in [-0.1, -0.05) is 19.3 Å². The Morgan fingerprint density at radius 2 is 2.08 bits per heavy atom. The van der Waals surface area contributed by atoms with Crippen LogP contribution in [0.25, 0.3) is 0 Å². The van der Waals surface area contributed by atoms with Crippen LogP contribution >= 0.6 is 11.3 Å². The van der Waals surface area contributed by atoms with Gasteiger partial charge in [-0.15, -0.1) is 11.3 Å². The van der Waals surface area contributed by atoms with E-state index >= 15 is 0 Å². The van der Waals surface area contributed by atoms with E-state index in [9.17, 15) is 9.59 Å². The van der Waals surface area contributed by atoms with Gasteiger partial charge < -0.3 is 10.2 Å². The highest BCUT2D eigenvalue weighted by Crippen LogP contribution is 2.36. The SMILES string of the molecule is O=C(Cc1csc(N2CCNC2=O)n1)N1CCC2CCCCC2C1. The molecule has 3 aliphatic rings. The maximum absolute atomic E-state index is 12.6. The summed E-state index contributed by atoms with van der Waals surface area (Å²) in [5, 5.41) is 5.38. The Kier molecular flexibility index (Phi) is 4.43. The van der Waals surface area contributed by atoms with E-state index in [2.05, 4.69) is 10.3 Å². The number of fused-ring (bicyclic) bond motifs is 1. The lowest BCUT2D eigenvalue weighted by molar-refractivity contribution is -0.133. The van der Waals surface area contributed by atoms with Crippen molar-refractivity contribution in [1.82, 2.24) is 15.2 Å². The van der Waals surface area contributed by atoms with Gasteiger partial charge in [-0.3, -0.25) is 9.69 Å². The molecule has 0 spiro atoms. The summed E-state index contributed by atoms with van der Waals surface area (Å²) in [6, 6.07) is -0.0957. The highest BCUT2D eigenvalue weighted by molar-refractivity contribution is 7.14. The fourth-order valence-corrected chi connectivity index (χ4v) is 5.10. The highest BCUT2D eigenvalue weighted by Gasteiger charge is 2.33. The van der Waals surface area contributed by atoms with Crippen molar-refractivity contribution in [3.8, 4) is 0 Å². The number of anilines is 1. The number of carbonyl (C=O) groups excluding carboxylic acids is 2. The van der Waals surface area contributed by atoms with Crippen LogP contribution in [0.3, 0.4) is 0 Å². The summed E-state index contributed by atoms with van der Waals surface area (Å²) in [7, 11) is 0. The molecule has 2 atom stereocenters. The zero-order valence-electron chi connectivity index (χ0n) is 13.9. The number of hydrogen-bond acceptors (Lipinski definition) is 4. The Hall–Kier alpha value is -1.63. The first-order chi connectivity index (χ1) is 11.7. The van der Waals surface area contributed by atoms with Gasteiger partial charge in [-0.25, -0.2) is 9.78 Å². The van der Waals surface area contributed by atoms with E-state index in [0.717, 1.165) is 31.1 Å². The second kappa shape index (κ2) is 6.70. The van der Waals surface area contributed by atoms with Crippen LogP contribution in [0.5, 0.6) is 0 Å². The molecule has 6 nitrogen and oxygen atoms in total. The summed E-state index contributed by atoms with van der Waals surface area (Å²) < 4.78 is 0. The second-order valence-electron chi connectivity index (χ2n) is 7.11. The molecule has 1 N–H and O–H groups in total. The fraction of sp³-hybridized carbons (Fsp3) is 0.706. The lowest BCUT2D eigenvalue weighted by Gasteiger charge is -2.41. The summed E-state index contributed by atoms with van der Waals surface area (Å²) in [6.45, 7) is 3.12. The predicted octanol–water partition coefficient (Wildman–Crippen LogP) is 2.25. The number of aromatic nitrogens is 1. The molecule has 1 saturated carbocycles. The van der Waals surface area contributed by atoms with E-state index < -0.39 is 0 Å². The maximum Gasteiger partial charge on any atom is 0.323 e. The van der Waals surface area contributed by atoms with Crippen molar-refractivity contribution in [3.63, 3.8) is 0 Å². The molecule has 0 aromatic carbocycles. The minimum atomic E-state index is -0.0957. The number of urea groups is 1. The van der Waals surface area contributed by atoms with Gasteiger partial charge >= 0.3 is 6.03 Å².